The van der Waals surface area contributed by atoms with Crippen molar-refractivity contribution in [3.05, 3.63) is 29.8 Å². The first-order valence-corrected chi connectivity index (χ1v) is 10.5. The Morgan fingerprint density at radius 3 is 2.27 bits per heavy atom. The summed E-state index contributed by atoms with van der Waals surface area (Å²) in [6.45, 7) is 9.81. The van der Waals surface area contributed by atoms with Gasteiger partial charge in [0, 0.05) is 5.54 Å². The predicted molar refractivity (Wildman–Crippen MR) is 112 cm³/mol. The van der Waals surface area contributed by atoms with E-state index in [1.54, 1.807) is 0 Å². The fourth-order valence-electron chi connectivity index (χ4n) is 3.15. The maximum Gasteiger partial charge on any atom is 0.119 e. The topological polar surface area (TPSA) is 55.5 Å². The van der Waals surface area contributed by atoms with Crippen LogP contribution in [0.15, 0.2) is 24.3 Å². The highest BCUT2D eigenvalue weighted by Gasteiger charge is 2.20. The number of hydrogen-bond donors (Lipinski definition) is 2. The van der Waals surface area contributed by atoms with Crippen LogP contribution in [0.1, 0.15) is 78.2 Å². The smallest absolute Gasteiger partial charge is 0.119 e. The SMILES string of the molecule is CCC(N)(CO)CCc1ccc(OCCCC(C)CCCC(C)C)cc1. The van der Waals surface area contributed by atoms with Gasteiger partial charge in [-0.1, -0.05) is 59.1 Å². The quantitative estimate of drug-likeness (QED) is 0.439. The molecule has 150 valence electrons. The Balaban J connectivity index is 2.22. The van der Waals surface area contributed by atoms with Crippen molar-refractivity contribution in [2.45, 2.75) is 84.6 Å². The van der Waals surface area contributed by atoms with Gasteiger partial charge in [0.1, 0.15) is 5.75 Å². The predicted octanol–water partition coefficient (Wildman–Crippen LogP) is 5.34. The van der Waals surface area contributed by atoms with Crippen LogP contribution in [0.25, 0.3) is 0 Å². The first-order valence-electron chi connectivity index (χ1n) is 10.5. The Morgan fingerprint density at radius 2 is 1.69 bits per heavy atom. The zero-order valence-corrected chi connectivity index (χ0v) is 17.5. The van der Waals surface area contributed by atoms with Crippen molar-refractivity contribution < 1.29 is 9.84 Å². The number of aliphatic hydroxyl groups excluding tert-OH is 1. The molecule has 1 rings (SSSR count). The minimum absolute atomic E-state index is 0.0422. The second-order valence-corrected chi connectivity index (χ2v) is 8.44. The van der Waals surface area contributed by atoms with Crippen molar-refractivity contribution >= 4 is 0 Å². The van der Waals surface area contributed by atoms with Gasteiger partial charge in [0.15, 0.2) is 0 Å². The summed E-state index contributed by atoms with van der Waals surface area (Å²) < 4.78 is 5.88. The molecule has 0 aliphatic heterocycles. The maximum atomic E-state index is 9.39. The lowest BCUT2D eigenvalue weighted by Gasteiger charge is -2.25. The van der Waals surface area contributed by atoms with Crippen LogP contribution < -0.4 is 10.5 Å². The highest BCUT2D eigenvalue weighted by atomic mass is 16.5. The summed E-state index contributed by atoms with van der Waals surface area (Å²) in [4.78, 5) is 0. The Morgan fingerprint density at radius 1 is 1.04 bits per heavy atom. The van der Waals surface area contributed by atoms with Gasteiger partial charge in [-0.2, -0.15) is 0 Å². The second-order valence-electron chi connectivity index (χ2n) is 8.44. The van der Waals surface area contributed by atoms with E-state index >= 15 is 0 Å². The van der Waals surface area contributed by atoms with Crippen LogP contribution >= 0.6 is 0 Å². The Hall–Kier alpha value is -1.06. The van der Waals surface area contributed by atoms with E-state index in [4.69, 9.17) is 10.5 Å². The molecule has 0 aromatic heterocycles. The van der Waals surface area contributed by atoms with E-state index in [9.17, 15) is 5.11 Å². The average molecular weight is 364 g/mol. The lowest BCUT2D eigenvalue weighted by atomic mass is 9.90. The van der Waals surface area contributed by atoms with Crippen molar-refractivity contribution in [1.29, 1.82) is 0 Å². The summed E-state index contributed by atoms with van der Waals surface area (Å²) in [6.07, 6.45) is 8.87. The van der Waals surface area contributed by atoms with E-state index in [0.29, 0.717) is 0 Å². The number of rotatable bonds is 14. The molecule has 0 saturated carbocycles. The number of aryl methyl sites for hydroxylation is 1. The van der Waals surface area contributed by atoms with Crippen LogP contribution in [0.3, 0.4) is 0 Å². The number of aliphatic hydroxyl groups is 1. The highest BCUT2D eigenvalue weighted by Crippen LogP contribution is 2.19. The van der Waals surface area contributed by atoms with Gasteiger partial charge in [-0.05, 0) is 61.6 Å². The van der Waals surface area contributed by atoms with E-state index in [2.05, 4.69) is 32.9 Å². The molecule has 0 fully saturated rings. The first-order chi connectivity index (χ1) is 12.4. The molecular weight excluding hydrogens is 322 g/mol. The molecule has 2 unspecified atom stereocenters. The van der Waals surface area contributed by atoms with E-state index in [0.717, 1.165) is 49.9 Å². The molecule has 0 amide bonds. The summed E-state index contributed by atoms with van der Waals surface area (Å²) >= 11 is 0. The standard InChI is InChI=1S/C23H41NO2/c1-5-23(24,18-25)16-15-21-11-13-22(14-12-21)26-17-7-10-20(4)9-6-8-19(2)3/h11-14,19-20,25H,5-10,15-18,24H2,1-4H3. The maximum absolute atomic E-state index is 9.39. The monoisotopic (exact) mass is 363 g/mol. The van der Waals surface area contributed by atoms with Gasteiger partial charge in [0.05, 0.1) is 13.2 Å². The molecule has 3 heteroatoms. The van der Waals surface area contributed by atoms with Gasteiger partial charge in [-0.3, -0.25) is 0 Å². The molecule has 0 radical (unpaired) electrons. The van der Waals surface area contributed by atoms with E-state index in [-0.39, 0.29) is 6.61 Å². The Kier molecular flexibility index (Phi) is 10.9. The number of ether oxygens (including phenoxy) is 1. The van der Waals surface area contributed by atoms with Gasteiger partial charge in [-0.25, -0.2) is 0 Å². The molecule has 0 saturated heterocycles. The van der Waals surface area contributed by atoms with Gasteiger partial charge < -0.3 is 15.6 Å². The van der Waals surface area contributed by atoms with Crippen molar-refractivity contribution in [3.63, 3.8) is 0 Å². The van der Waals surface area contributed by atoms with Crippen molar-refractivity contribution in [1.82, 2.24) is 0 Å². The Labute approximate surface area is 161 Å². The molecule has 3 N–H and O–H groups in total. The van der Waals surface area contributed by atoms with Gasteiger partial charge in [0.25, 0.3) is 0 Å². The molecule has 3 nitrogen and oxygen atoms in total. The normalized spacial score (nSPS) is 15.0. The van der Waals surface area contributed by atoms with Crippen LogP contribution in [0.2, 0.25) is 0 Å². The number of nitrogens with two attached hydrogens (primary N) is 1. The number of hydrogen-bond acceptors (Lipinski definition) is 3. The van der Waals surface area contributed by atoms with Crippen LogP contribution in [-0.2, 0) is 6.42 Å². The van der Waals surface area contributed by atoms with E-state index < -0.39 is 5.54 Å². The molecule has 0 heterocycles. The van der Waals surface area contributed by atoms with Crippen LogP contribution in [-0.4, -0.2) is 23.9 Å². The molecule has 0 bridgehead atoms. The minimum atomic E-state index is -0.457. The molecular formula is C23H41NO2. The summed E-state index contributed by atoms with van der Waals surface area (Å²) in [5, 5.41) is 9.39. The summed E-state index contributed by atoms with van der Waals surface area (Å²) in [6, 6.07) is 8.31. The van der Waals surface area contributed by atoms with Gasteiger partial charge in [-0.15, -0.1) is 0 Å². The number of benzene rings is 1. The molecule has 1 aromatic rings. The van der Waals surface area contributed by atoms with Crippen LogP contribution in [0, 0.1) is 11.8 Å². The lowest BCUT2D eigenvalue weighted by Crippen LogP contribution is -2.43. The minimum Gasteiger partial charge on any atom is -0.494 e. The zero-order valence-electron chi connectivity index (χ0n) is 17.5. The Bertz CT molecular complexity index is 466. The summed E-state index contributed by atoms with van der Waals surface area (Å²) in [5.41, 5.74) is 6.94. The molecule has 2 atom stereocenters. The molecule has 1 aromatic carbocycles. The van der Waals surface area contributed by atoms with Crippen LogP contribution in [0.5, 0.6) is 5.75 Å². The lowest BCUT2D eigenvalue weighted by molar-refractivity contribution is 0.183. The van der Waals surface area contributed by atoms with E-state index in [1.165, 1.54) is 31.2 Å². The van der Waals surface area contributed by atoms with E-state index in [1.807, 2.05) is 19.1 Å². The first kappa shape index (κ1) is 23.0. The average Bonchev–Trinajstić information content (AvgIpc) is 2.64. The van der Waals surface area contributed by atoms with Crippen molar-refractivity contribution in [2.75, 3.05) is 13.2 Å². The molecule has 0 aliphatic carbocycles. The highest BCUT2D eigenvalue weighted by molar-refractivity contribution is 5.27. The molecule has 0 aliphatic rings. The van der Waals surface area contributed by atoms with Gasteiger partial charge in [0.2, 0.25) is 0 Å². The fourth-order valence-corrected chi connectivity index (χ4v) is 3.15. The third-order valence-corrected chi connectivity index (χ3v) is 5.44. The van der Waals surface area contributed by atoms with Gasteiger partial charge >= 0.3 is 0 Å². The largest absolute Gasteiger partial charge is 0.494 e. The fraction of sp³-hybridized carbons (Fsp3) is 0.739. The molecule has 26 heavy (non-hydrogen) atoms. The van der Waals surface area contributed by atoms with Crippen molar-refractivity contribution in [3.8, 4) is 5.75 Å². The third-order valence-electron chi connectivity index (χ3n) is 5.44. The second kappa shape index (κ2) is 12.3. The van der Waals surface area contributed by atoms with Crippen molar-refractivity contribution in [2.24, 2.45) is 17.6 Å². The zero-order chi connectivity index (χ0) is 19.4. The molecule has 0 spiro atoms. The summed E-state index contributed by atoms with van der Waals surface area (Å²) in [5.74, 6) is 2.56. The van der Waals surface area contributed by atoms with Crippen LogP contribution in [0.4, 0.5) is 0 Å². The summed E-state index contributed by atoms with van der Waals surface area (Å²) in [7, 11) is 0. The third kappa shape index (κ3) is 9.59.